The number of pyridine rings is 1. The highest BCUT2D eigenvalue weighted by Crippen LogP contribution is 2.30. The molecule has 0 atom stereocenters. The van der Waals surface area contributed by atoms with Crippen molar-refractivity contribution >= 4 is 35.3 Å². The first kappa shape index (κ1) is 17.0. The van der Waals surface area contributed by atoms with Crippen molar-refractivity contribution in [2.24, 2.45) is 4.99 Å². The van der Waals surface area contributed by atoms with Crippen LogP contribution >= 0.6 is 11.6 Å². The zero-order chi connectivity index (χ0) is 19.0. The number of allylic oxidation sites excluding steroid dienone is 1. The average Bonchev–Trinajstić information content (AvgIpc) is 3.06. The van der Waals surface area contributed by atoms with Crippen LogP contribution in [0.25, 0.3) is 11.6 Å². The first-order chi connectivity index (χ1) is 13.0. The second-order valence-electron chi connectivity index (χ2n) is 5.91. The van der Waals surface area contributed by atoms with Crippen LogP contribution in [-0.2, 0) is 6.54 Å². The van der Waals surface area contributed by atoms with Crippen molar-refractivity contribution in [3.8, 4) is 5.88 Å². The molecule has 8 heteroatoms. The molecule has 0 saturated carbocycles. The fourth-order valence-corrected chi connectivity index (χ4v) is 3.04. The molecule has 1 aliphatic rings. The van der Waals surface area contributed by atoms with E-state index in [0.717, 1.165) is 10.1 Å². The lowest BCUT2D eigenvalue weighted by molar-refractivity contribution is 0.408. The van der Waals surface area contributed by atoms with E-state index in [4.69, 9.17) is 11.6 Å². The Bertz CT molecular complexity index is 1220. The van der Waals surface area contributed by atoms with Crippen LogP contribution in [0.5, 0.6) is 5.88 Å². The van der Waals surface area contributed by atoms with Crippen LogP contribution in [0.1, 0.15) is 16.7 Å². The lowest BCUT2D eigenvalue weighted by Crippen LogP contribution is -2.31. The number of rotatable bonds is 3. The average molecular weight is 381 g/mol. The summed E-state index contributed by atoms with van der Waals surface area (Å²) in [5, 5.41) is 11.1. The SMILES string of the molecule is O=c1[nH]c(=O)n(Cc2ccccc2Cl)c(O)c1/C=C1/C=Nc2ncccc21. The first-order valence-corrected chi connectivity index (χ1v) is 8.43. The van der Waals surface area contributed by atoms with Gasteiger partial charge in [0.1, 0.15) is 5.56 Å². The summed E-state index contributed by atoms with van der Waals surface area (Å²) < 4.78 is 1.06. The summed E-state index contributed by atoms with van der Waals surface area (Å²) in [6.07, 6.45) is 4.65. The molecule has 0 saturated heterocycles. The van der Waals surface area contributed by atoms with E-state index >= 15 is 0 Å². The Kier molecular flexibility index (Phi) is 4.21. The molecule has 0 fully saturated rings. The summed E-state index contributed by atoms with van der Waals surface area (Å²) in [5.41, 5.74) is 0.536. The smallest absolute Gasteiger partial charge is 0.331 e. The van der Waals surface area contributed by atoms with Crippen molar-refractivity contribution in [1.29, 1.82) is 0 Å². The molecule has 0 amide bonds. The van der Waals surface area contributed by atoms with Gasteiger partial charge in [-0.1, -0.05) is 29.8 Å². The van der Waals surface area contributed by atoms with Gasteiger partial charge in [-0.05, 0) is 29.8 Å². The third kappa shape index (κ3) is 3.09. The molecule has 4 rings (SSSR count). The highest BCUT2D eigenvalue weighted by Gasteiger charge is 2.17. The summed E-state index contributed by atoms with van der Waals surface area (Å²) in [7, 11) is 0. The number of hydrogen-bond acceptors (Lipinski definition) is 5. The molecule has 134 valence electrons. The molecule has 2 aromatic heterocycles. The molecule has 0 aliphatic carbocycles. The molecule has 0 radical (unpaired) electrons. The van der Waals surface area contributed by atoms with E-state index in [-0.39, 0.29) is 12.1 Å². The van der Waals surface area contributed by atoms with Crippen LogP contribution in [0, 0.1) is 0 Å². The molecular formula is C19H13ClN4O3. The van der Waals surface area contributed by atoms with E-state index < -0.39 is 17.1 Å². The monoisotopic (exact) mass is 380 g/mol. The lowest BCUT2D eigenvalue weighted by atomic mass is 10.1. The number of aliphatic imine (C=N–C) groups is 1. The number of aromatic hydroxyl groups is 1. The van der Waals surface area contributed by atoms with E-state index in [2.05, 4.69) is 15.0 Å². The van der Waals surface area contributed by atoms with Crippen LogP contribution in [0.2, 0.25) is 5.02 Å². The van der Waals surface area contributed by atoms with E-state index in [1.165, 1.54) is 6.08 Å². The second kappa shape index (κ2) is 6.69. The predicted octanol–water partition coefficient (Wildman–Crippen LogP) is 2.60. The first-order valence-electron chi connectivity index (χ1n) is 8.05. The quantitative estimate of drug-likeness (QED) is 0.729. The van der Waals surface area contributed by atoms with Crippen molar-refractivity contribution in [2.45, 2.75) is 6.54 Å². The summed E-state index contributed by atoms with van der Waals surface area (Å²) in [6, 6.07) is 10.5. The van der Waals surface area contributed by atoms with E-state index in [1.54, 1.807) is 42.7 Å². The van der Waals surface area contributed by atoms with Gasteiger partial charge in [0, 0.05) is 28.6 Å². The van der Waals surface area contributed by atoms with Gasteiger partial charge in [-0.2, -0.15) is 0 Å². The van der Waals surface area contributed by atoms with Gasteiger partial charge in [0.15, 0.2) is 5.82 Å². The van der Waals surface area contributed by atoms with Gasteiger partial charge in [0.05, 0.1) is 6.54 Å². The van der Waals surface area contributed by atoms with Crippen molar-refractivity contribution in [1.82, 2.24) is 14.5 Å². The number of fused-ring (bicyclic) bond motifs is 1. The topological polar surface area (TPSA) is 100 Å². The Labute approximate surface area is 157 Å². The fourth-order valence-electron chi connectivity index (χ4n) is 2.84. The molecule has 2 N–H and O–H groups in total. The van der Waals surface area contributed by atoms with E-state index in [9.17, 15) is 14.7 Å². The summed E-state index contributed by atoms with van der Waals surface area (Å²) in [6.45, 7) is 0.0174. The highest BCUT2D eigenvalue weighted by atomic mass is 35.5. The number of nitrogens with one attached hydrogen (secondary N) is 1. The maximum Gasteiger partial charge on any atom is 0.331 e. The van der Waals surface area contributed by atoms with Crippen molar-refractivity contribution in [3.63, 3.8) is 0 Å². The third-order valence-corrected chi connectivity index (χ3v) is 4.59. The predicted molar refractivity (Wildman–Crippen MR) is 104 cm³/mol. The molecule has 0 spiro atoms. The zero-order valence-corrected chi connectivity index (χ0v) is 14.6. The van der Waals surface area contributed by atoms with E-state index in [0.29, 0.717) is 22.0 Å². The second-order valence-corrected chi connectivity index (χ2v) is 6.31. The van der Waals surface area contributed by atoms with Gasteiger partial charge in [0.25, 0.3) is 5.56 Å². The Morgan fingerprint density at radius 3 is 2.81 bits per heavy atom. The number of nitrogens with zero attached hydrogens (tertiary/aromatic N) is 3. The molecule has 27 heavy (non-hydrogen) atoms. The molecular weight excluding hydrogens is 368 g/mol. The molecule has 3 heterocycles. The number of hydrogen-bond donors (Lipinski definition) is 2. The van der Waals surface area contributed by atoms with Gasteiger partial charge in [-0.25, -0.2) is 14.8 Å². The number of halogens is 1. The normalized spacial score (nSPS) is 13.9. The van der Waals surface area contributed by atoms with Gasteiger partial charge < -0.3 is 5.11 Å². The minimum absolute atomic E-state index is 0.0174. The van der Waals surface area contributed by atoms with Gasteiger partial charge in [-0.15, -0.1) is 0 Å². The maximum absolute atomic E-state index is 12.3. The Hall–Kier alpha value is -3.45. The number of benzene rings is 1. The standard InChI is InChI=1S/C19H13ClN4O3/c20-15-6-2-1-4-11(15)10-24-18(26)14(17(25)23-19(24)27)8-12-9-22-16-13(12)5-3-7-21-16/h1-9,26H,10H2,(H,23,25,27)/b12-8-. The summed E-state index contributed by atoms with van der Waals surface area (Å²) in [4.78, 5) is 35.0. The van der Waals surface area contributed by atoms with Crippen LogP contribution in [-0.4, -0.2) is 25.9 Å². The van der Waals surface area contributed by atoms with Crippen molar-refractivity contribution < 1.29 is 5.11 Å². The van der Waals surface area contributed by atoms with Gasteiger partial charge >= 0.3 is 5.69 Å². The molecule has 3 aromatic rings. The Balaban J connectivity index is 1.83. The lowest BCUT2D eigenvalue weighted by Gasteiger charge is -2.11. The summed E-state index contributed by atoms with van der Waals surface area (Å²) in [5.74, 6) is 0.0889. The molecule has 7 nitrogen and oxygen atoms in total. The molecule has 0 unspecified atom stereocenters. The largest absolute Gasteiger partial charge is 0.494 e. The summed E-state index contributed by atoms with van der Waals surface area (Å²) >= 11 is 6.14. The zero-order valence-electron chi connectivity index (χ0n) is 13.9. The third-order valence-electron chi connectivity index (χ3n) is 4.22. The number of H-pyrrole nitrogens is 1. The number of aromatic amines is 1. The highest BCUT2D eigenvalue weighted by molar-refractivity contribution is 6.31. The maximum atomic E-state index is 12.3. The Morgan fingerprint density at radius 1 is 1.19 bits per heavy atom. The number of aromatic nitrogens is 3. The van der Waals surface area contributed by atoms with Crippen LogP contribution in [0.4, 0.5) is 5.82 Å². The van der Waals surface area contributed by atoms with Crippen molar-refractivity contribution in [3.05, 3.63) is 85.1 Å². The van der Waals surface area contributed by atoms with Crippen LogP contribution in [0.15, 0.2) is 57.2 Å². The molecule has 1 aliphatic heterocycles. The molecule has 1 aromatic carbocycles. The Morgan fingerprint density at radius 2 is 2.00 bits per heavy atom. The van der Waals surface area contributed by atoms with Gasteiger partial charge in [-0.3, -0.25) is 14.3 Å². The van der Waals surface area contributed by atoms with Crippen molar-refractivity contribution in [2.75, 3.05) is 0 Å². The fraction of sp³-hybridized carbons (Fsp3) is 0.0526. The van der Waals surface area contributed by atoms with Gasteiger partial charge in [0.2, 0.25) is 5.88 Å². The van der Waals surface area contributed by atoms with Crippen LogP contribution in [0.3, 0.4) is 0 Å². The van der Waals surface area contributed by atoms with Crippen LogP contribution < -0.4 is 11.2 Å². The molecule has 0 bridgehead atoms. The van der Waals surface area contributed by atoms with E-state index in [1.807, 2.05) is 6.07 Å². The minimum Gasteiger partial charge on any atom is -0.494 e. The minimum atomic E-state index is -0.721.